The van der Waals surface area contributed by atoms with E-state index in [9.17, 15) is 22.8 Å². The van der Waals surface area contributed by atoms with Crippen LogP contribution in [0.1, 0.15) is 47.9 Å². The Morgan fingerprint density at radius 3 is 2.33 bits per heavy atom. The van der Waals surface area contributed by atoms with Crippen LogP contribution in [0, 0.1) is 6.92 Å². The van der Waals surface area contributed by atoms with Crippen LogP contribution in [0.15, 0.2) is 30.3 Å². The summed E-state index contributed by atoms with van der Waals surface area (Å²) in [6.07, 6.45) is -0.802. The number of alkyl halides is 3. The number of nitrogens with one attached hydrogen (secondary N) is 1. The summed E-state index contributed by atoms with van der Waals surface area (Å²) < 4.78 is 51.9. The first-order chi connectivity index (χ1) is 15.7. The fraction of sp³-hybridized carbons (Fsp3) is 0.478. The molecule has 2 aromatic rings. The van der Waals surface area contributed by atoms with Gasteiger partial charge >= 0.3 is 12.1 Å². The summed E-state index contributed by atoms with van der Waals surface area (Å²) in [5.41, 5.74) is -0.200. The molecule has 6 nitrogen and oxygen atoms in total. The standard InChI is InChI=1S/C23H27F3N2O4S/c1-14-9-12-19(33-14)20(21(29)27-15-7-5-4-6-8-15)28(22(30)23(24,25)26)17-13-16(31-2)10-11-18(17)32-3/h9-13,15,20H,4-8H2,1-3H3,(H,27,29)/t20-/m0/s1. The number of carbonyl (C=O) groups excluding carboxylic acids is 2. The SMILES string of the molecule is COc1ccc(OC)c(N(C(=O)C(F)(F)F)[C@H](C(=O)NC2CCCCC2)c2ccc(C)s2)c1. The maximum absolute atomic E-state index is 13.8. The summed E-state index contributed by atoms with van der Waals surface area (Å²) in [7, 11) is 2.64. The van der Waals surface area contributed by atoms with Gasteiger partial charge in [0.2, 0.25) is 5.91 Å². The average Bonchev–Trinajstić information content (AvgIpc) is 3.22. The molecule has 0 radical (unpaired) electrons. The molecule has 0 spiro atoms. The van der Waals surface area contributed by atoms with Crippen LogP contribution in [0.5, 0.6) is 11.5 Å². The van der Waals surface area contributed by atoms with Crippen LogP contribution in [0.25, 0.3) is 0 Å². The Morgan fingerprint density at radius 2 is 1.79 bits per heavy atom. The Hall–Kier alpha value is -2.75. The number of rotatable bonds is 7. The molecule has 1 aromatic heterocycles. The summed E-state index contributed by atoms with van der Waals surface area (Å²) in [6, 6.07) is 5.79. The molecule has 0 unspecified atom stereocenters. The van der Waals surface area contributed by atoms with Crippen molar-refractivity contribution < 1.29 is 32.2 Å². The number of carbonyl (C=O) groups is 2. The fourth-order valence-electron chi connectivity index (χ4n) is 3.99. The van der Waals surface area contributed by atoms with E-state index in [1.54, 1.807) is 19.1 Å². The number of anilines is 1. The van der Waals surface area contributed by atoms with Crippen LogP contribution in [-0.4, -0.2) is 38.3 Å². The van der Waals surface area contributed by atoms with Gasteiger partial charge in [-0.05, 0) is 44.0 Å². The molecule has 33 heavy (non-hydrogen) atoms. The van der Waals surface area contributed by atoms with E-state index in [-0.39, 0.29) is 23.2 Å². The number of methoxy groups -OCH3 is 2. The molecule has 1 aromatic carbocycles. The number of aryl methyl sites for hydroxylation is 1. The molecule has 10 heteroatoms. The number of amides is 2. The first-order valence-electron chi connectivity index (χ1n) is 10.6. The zero-order chi connectivity index (χ0) is 24.2. The van der Waals surface area contributed by atoms with Crippen molar-refractivity contribution in [3.63, 3.8) is 0 Å². The van der Waals surface area contributed by atoms with Crippen molar-refractivity contribution in [2.75, 3.05) is 19.1 Å². The van der Waals surface area contributed by atoms with Gasteiger partial charge in [0.15, 0.2) is 6.04 Å². The number of benzene rings is 1. The lowest BCUT2D eigenvalue weighted by Crippen LogP contribution is -2.50. The molecule has 1 saturated carbocycles. The molecule has 1 N–H and O–H groups in total. The number of thiophene rings is 1. The van der Waals surface area contributed by atoms with E-state index >= 15 is 0 Å². The molecule has 2 amide bonds. The normalized spacial score (nSPS) is 15.6. The van der Waals surface area contributed by atoms with E-state index < -0.39 is 24.0 Å². The quantitative estimate of drug-likeness (QED) is 0.590. The first kappa shape index (κ1) is 24.9. The van der Waals surface area contributed by atoms with Gasteiger partial charge in [-0.2, -0.15) is 13.2 Å². The van der Waals surface area contributed by atoms with Crippen molar-refractivity contribution in [2.24, 2.45) is 0 Å². The summed E-state index contributed by atoms with van der Waals surface area (Å²) in [6.45, 7) is 1.78. The Bertz CT molecular complexity index is 986. The van der Waals surface area contributed by atoms with Crippen molar-refractivity contribution in [1.29, 1.82) is 0 Å². The molecule has 1 heterocycles. The van der Waals surface area contributed by atoms with Crippen molar-refractivity contribution in [1.82, 2.24) is 5.32 Å². The number of ether oxygens (including phenoxy) is 2. The Labute approximate surface area is 194 Å². The molecule has 180 valence electrons. The zero-order valence-electron chi connectivity index (χ0n) is 18.7. The molecule has 1 aliphatic carbocycles. The zero-order valence-corrected chi connectivity index (χ0v) is 19.5. The molecular formula is C23H27F3N2O4S. The minimum atomic E-state index is -5.22. The van der Waals surface area contributed by atoms with Crippen LogP contribution in [-0.2, 0) is 9.59 Å². The highest BCUT2D eigenvalue weighted by Crippen LogP contribution is 2.41. The second-order valence-electron chi connectivity index (χ2n) is 7.91. The van der Waals surface area contributed by atoms with E-state index in [1.165, 1.54) is 43.8 Å². The van der Waals surface area contributed by atoms with E-state index in [0.29, 0.717) is 9.78 Å². The maximum atomic E-state index is 13.8. The van der Waals surface area contributed by atoms with Crippen LogP contribution < -0.4 is 19.7 Å². The summed E-state index contributed by atoms with van der Waals surface area (Å²) in [4.78, 5) is 27.9. The third-order valence-corrected chi connectivity index (χ3v) is 6.65. The van der Waals surface area contributed by atoms with Gasteiger partial charge in [0.05, 0.1) is 19.9 Å². The second-order valence-corrected chi connectivity index (χ2v) is 9.22. The Kier molecular flexibility index (Phi) is 7.88. The van der Waals surface area contributed by atoms with Crippen LogP contribution >= 0.6 is 11.3 Å². The van der Waals surface area contributed by atoms with Gasteiger partial charge in [-0.1, -0.05) is 19.3 Å². The van der Waals surface area contributed by atoms with Crippen molar-refractivity contribution in [3.8, 4) is 11.5 Å². The van der Waals surface area contributed by atoms with E-state index in [1.807, 2.05) is 0 Å². The highest BCUT2D eigenvalue weighted by Gasteiger charge is 2.48. The lowest BCUT2D eigenvalue weighted by atomic mass is 9.95. The van der Waals surface area contributed by atoms with Crippen LogP contribution in [0.2, 0.25) is 0 Å². The van der Waals surface area contributed by atoms with Crippen molar-refractivity contribution in [2.45, 2.75) is 57.3 Å². The second kappa shape index (κ2) is 10.5. The van der Waals surface area contributed by atoms with Crippen molar-refractivity contribution in [3.05, 3.63) is 40.1 Å². The summed E-state index contributed by atoms with van der Waals surface area (Å²) in [5.74, 6) is -2.59. The number of hydrogen-bond donors (Lipinski definition) is 1. The monoisotopic (exact) mass is 484 g/mol. The van der Waals surface area contributed by atoms with Gasteiger partial charge in [-0.15, -0.1) is 11.3 Å². The summed E-state index contributed by atoms with van der Waals surface area (Å²) in [5, 5.41) is 2.88. The van der Waals surface area contributed by atoms with Gasteiger partial charge in [0, 0.05) is 21.9 Å². The Morgan fingerprint density at radius 1 is 1.09 bits per heavy atom. The number of nitrogens with zero attached hydrogens (tertiary/aromatic N) is 1. The van der Waals surface area contributed by atoms with Crippen molar-refractivity contribution >= 4 is 28.8 Å². The molecule has 0 bridgehead atoms. The molecule has 3 rings (SSSR count). The lowest BCUT2D eigenvalue weighted by molar-refractivity contribution is -0.171. The third kappa shape index (κ3) is 5.79. The minimum Gasteiger partial charge on any atom is -0.497 e. The number of halogens is 3. The van der Waals surface area contributed by atoms with Gasteiger partial charge in [-0.25, -0.2) is 0 Å². The van der Waals surface area contributed by atoms with E-state index in [0.717, 1.165) is 37.0 Å². The van der Waals surface area contributed by atoms with Crippen LogP contribution in [0.4, 0.5) is 18.9 Å². The summed E-state index contributed by atoms with van der Waals surface area (Å²) >= 11 is 1.17. The molecule has 0 aliphatic heterocycles. The lowest BCUT2D eigenvalue weighted by Gasteiger charge is -2.33. The van der Waals surface area contributed by atoms with E-state index in [4.69, 9.17) is 9.47 Å². The minimum absolute atomic E-state index is 0.0112. The smallest absolute Gasteiger partial charge is 0.471 e. The molecule has 1 atom stereocenters. The van der Waals surface area contributed by atoms with Crippen LogP contribution in [0.3, 0.4) is 0 Å². The molecule has 1 fully saturated rings. The predicted octanol–water partition coefficient (Wildman–Crippen LogP) is 5.16. The molecular weight excluding hydrogens is 457 g/mol. The third-order valence-electron chi connectivity index (χ3n) is 5.60. The first-order valence-corrected chi connectivity index (χ1v) is 11.5. The van der Waals surface area contributed by atoms with Gasteiger partial charge < -0.3 is 14.8 Å². The molecule has 1 aliphatic rings. The largest absolute Gasteiger partial charge is 0.497 e. The fourth-order valence-corrected chi connectivity index (χ4v) is 4.96. The van der Waals surface area contributed by atoms with Gasteiger partial charge in [0.1, 0.15) is 11.5 Å². The predicted molar refractivity (Wildman–Crippen MR) is 120 cm³/mol. The highest BCUT2D eigenvalue weighted by atomic mass is 32.1. The highest BCUT2D eigenvalue weighted by molar-refractivity contribution is 7.12. The molecule has 0 saturated heterocycles. The Balaban J connectivity index is 2.15. The average molecular weight is 485 g/mol. The van der Waals surface area contributed by atoms with E-state index in [2.05, 4.69) is 5.32 Å². The maximum Gasteiger partial charge on any atom is 0.471 e. The van der Waals surface area contributed by atoms with Gasteiger partial charge in [0.25, 0.3) is 0 Å². The number of hydrogen-bond acceptors (Lipinski definition) is 5. The topological polar surface area (TPSA) is 67.9 Å². The van der Waals surface area contributed by atoms with Gasteiger partial charge in [-0.3, -0.25) is 14.5 Å².